The molecule has 2 rings (SSSR count). The lowest BCUT2D eigenvalue weighted by molar-refractivity contribution is -0.140. The van der Waals surface area contributed by atoms with Gasteiger partial charge in [0.15, 0.2) is 0 Å². The second kappa shape index (κ2) is 11.0. The minimum absolute atomic E-state index is 0.0810. The van der Waals surface area contributed by atoms with E-state index < -0.39 is 30.7 Å². The van der Waals surface area contributed by atoms with Crippen LogP contribution in [0.15, 0.2) is 24.3 Å². The summed E-state index contributed by atoms with van der Waals surface area (Å²) in [6, 6.07) is 4.91. The van der Waals surface area contributed by atoms with E-state index in [4.69, 9.17) is 0 Å². The van der Waals surface area contributed by atoms with Crippen LogP contribution in [0.3, 0.4) is 0 Å². The molecule has 0 bridgehead atoms. The third-order valence-electron chi connectivity index (χ3n) is 4.94. The number of rotatable bonds is 8. The van der Waals surface area contributed by atoms with Gasteiger partial charge in [-0.25, -0.2) is 4.79 Å². The van der Waals surface area contributed by atoms with E-state index in [1.54, 1.807) is 29.2 Å². The first-order valence-corrected chi connectivity index (χ1v) is 10.5. The molecular weight excluding hydrogens is 413 g/mol. The number of carbonyl (C=O) groups excluding carboxylic acids is 3. The van der Waals surface area contributed by atoms with Crippen molar-refractivity contribution < 1.29 is 27.6 Å². The van der Waals surface area contributed by atoms with Crippen molar-refractivity contribution in [2.45, 2.75) is 51.7 Å². The predicted octanol–water partition coefficient (Wildman–Crippen LogP) is 3.62. The van der Waals surface area contributed by atoms with Crippen molar-refractivity contribution in [1.82, 2.24) is 15.1 Å². The lowest BCUT2D eigenvalue weighted by Crippen LogP contribution is -2.49. The smallest absolute Gasteiger partial charge is 0.345 e. The molecule has 0 spiro atoms. The molecule has 1 fully saturated rings. The number of hydrogen-bond acceptors (Lipinski definition) is 3. The van der Waals surface area contributed by atoms with Crippen LogP contribution in [0.25, 0.3) is 0 Å². The van der Waals surface area contributed by atoms with Crippen molar-refractivity contribution in [3.63, 3.8) is 0 Å². The normalized spacial score (nSPS) is 16.2. The van der Waals surface area contributed by atoms with Crippen LogP contribution in [-0.2, 0) is 4.79 Å². The third-order valence-corrected chi connectivity index (χ3v) is 4.94. The highest BCUT2D eigenvalue weighted by Gasteiger charge is 2.36. The van der Waals surface area contributed by atoms with Crippen molar-refractivity contribution in [3.05, 3.63) is 29.8 Å². The van der Waals surface area contributed by atoms with Crippen molar-refractivity contribution in [3.8, 4) is 0 Å². The zero-order valence-corrected chi connectivity index (χ0v) is 17.8. The van der Waals surface area contributed by atoms with Gasteiger partial charge in [0, 0.05) is 30.9 Å². The second-order valence-corrected chi connectivity index (χ2v) is 7.48. The van der Waals surface area contributed by atoms with E-state index in [2.05, 4.69) is 5.32 Å². The highest BCUT2D eigenvalue weighted by molar-refractivity contribution is 5.96. The standard InChI is InChI=1S/C21H29F3N4O3/c1-3-11-27(12-4-2)19(30)15-7-9-16(10-8-15)26-20(31)28-13-5-6-17(28)18(29)25-14-21(22,23)24/h7-10,17H,3-6,11-14H2,1-2H3,(H,25,29)(H,26,31). The van der Waals surface area contributed by atoms with Gasteiger partial charge in [0.25, 0.3) is 5.91 Å². The Hall–Kier alpha value is -2.78. The van der Waals surface area contributed by atoms with Crippen LogP contribution in [0, 0.1) is 0 Å². The zero-order valence-electron chi connectivity index (χ0n) is 17.8. The number of carbonyl (C=O) groups is 3. The molecule has 1 aromatic rings. The molecule has 1 aromatic carbocycles. The van der Waals surface area contributed by atoms with Crippen LogP contribution < -0.4 is 10.6 Å². The number of hydrogen-bond donors (Lipinski definition) is 2. The molecule has 31 heavy (non-hydrogen) atoms. The molecule has 4 amide bonds. The van der Waals surface area contributed by atoms with Crippen LogP contribution >= 0.6 is 0 Å². The first kappa shape index (κ1) is 24.5. The van der Waals surface area contributed by atoms with Crippen molar-refractivity contribution in [1.29, 1.82) is 0 Å². The molecule has 1 atom stereocenters. The molecule has 1 heterocycles. The summed E-state index contributed by atoms with van der Waals surface area (Å²) < 4.78 is 37.0. The maximum atomic E-state index is 12.6. The average molecular weight is 442 g/mol. The highest BCUT2D eigenvalue weighted by atomic mass is 19.4. The number of nitrogens with one attached hydrogen (secondary N) is 2. The maximum absolute atomic E-state index is 12.6. The summed E-state index contributed by atoms with van der Waals surface area (Å²) in [6.07, 6.45) is -1.98. The fourth-order valence-corrected chi connectivity index (χ4v) is 3.52. The van der Waals surface area contributed by atoms with E-state index >= 15 is 0 Å². The summed E-state index contributed by atoms with van der Waals surface area (Å²) in [6.45, 7) is 4.18. The second-order valence-electron chi connectivity index (χ2n) is 7.48. The Kier molecular flexibility index (Phi) is 8.70. The minimum Gasteiger partial charge on any atom is -0.345 e. The molecule has 2 N–H and O–H groups in total. The van der Waals surface area contributed by atoms with E-state index in [-0.39, 0.29) is 12.5 Å². The molecule has 0 aromatic heterocycles. The van der Waals surface area contributed by atoms with Crippen LogP contribution in [0.5, 0.6) is 0 Å². The fourth-order valence-electron chi connectivity index (χ4n) is 3.52. The Balaban J connectivity index is 1.98. The Morgan fingerprint density at radius 1 is 1.10 bits per heavy atom. The van der Waals surface area contributed by atoms with Crippen LogP contribution in [0.4, 0.5) is 23.7 Å². The number of anilines is 1. The lowest BCUT2D eigenvalue weighted by Gasteiger charge is -2.24. The predicted molar refractivity (Wildman–Crippen MR) is 111 cm³/mol. The van der Waals surface area contributed by atoms with Crippen molar-refractivity contribution in [2.24, 2.45) is 0 Å². The lowest BCUT2D eigenvalue weighted by atomic mass is 10.1. The van der Waals surface area contributed by atoms with E-state index in [0.717, 1.165) is 12.8 Å². The number of nitrogens with zero attached hydrogens (tertiary/aromatic N) is 2. The molecule has 0 radical (unpaired) electrons. The highest BCUT2D eigenvalue weighted by Crippen LogP contribution is 2.21. The van der Waals surface area contributed by atoms with Gasteiger partial charge < -0.3 is 20.4 Å². The number of urea groups is 1. The van der Waals surface area contributed by atoms with Gasteiger partial charge in [0.2, 0.25) is 5.91 Å². The van der Waals surface area contributed by atoms with Crippen LogP contribution in [-0.4, -0.2) is 66.0 Å². The summed E-state index contributed by atoms with van der Waals surface area (Å²) in [5.74, 6) is -0.902. The summed E-state index contributed by atoms with van der Waals surface area (Å²) in [4.78, 5) is 40.3. The Morgan fingerprint density at radius 3 is 2.26 bits per heavy atom. The molecule has 1 aliphatic rings. The van der Waals surface area contributed by atoms with Crippen LogP contribution in [0.2, 0.25) is 0 Å². The number of alkyl halides is 3. The Bertz CT molecular complexity index is 762. The number of benzene rings is 1. The molecule has 1 unspecified atom stereocenters. The summed E-state index contributed by atoms with van der Waals surface area (Å²) in [7, 11) is 0. The number of amides is 4. The van der Waals surface area contributed by atoms with Gasteiger partial charge in [-0.05, 0) is 49.9 Å². The minimum atomic E-state index is -4.51. The number of likely N-dealkylation sites (tertiary alicyclic amines) is 1. The Morgan fingerprint density at radius 2 is 1.71 bits per heavy atom. The van der Waals surface area contributed by atoms with E-state index in [1.807, 2.05) is 19.2 Å². The molecule has 10 heteroatoms. The van der Waals surface area contributed by atoms with Crippen LogP contribution in [0.1, 0.15) is 49.9 Å². The molecule has 172 valence electrons. The van der Waals surface area contributed by atoms with Gasteiger partial charge in [0.1, 0.15) is 12.6 Å². The number of halogens is 3. The van der Waals surface area contributed by atoms with Gasteiger partial charge in [0.05, 0.1) is 0 Å². The van der Waals surface area contributed by atoms with E-state index in [9.17, 15) is 27.6 Å². The van der Waals surface area contributed by atoms with Gasteiger partial charge >= 0.3 is 12.2 Å². The van der Waals surface area contributed by atoms with Gasteiger partial charge in [-0.2, -0.15) is 13.2 Å². The first-order chi connectivity index (χ1) is 14.7. The van der Waals surface area contributed by atoms with E-state index in [1.165, 1.54) is 4.90 Å². The molecule has 0 saturated carbocycles. The average Bonchev–Trinajstić information content (AvgIpc) is 3.21. The summed E-state index contributed by atoms with van der Waals surface area (Å²) in [5.41, 5.74) is 0.936. The maximum Gasteiger partial charge on any atom is 0.405 e. The third kappa shape index (κ3) is 7.15. The van der Waals surface area contributed by atoms with Crippen molar-refractivity contribution in [2.75, 3.05) is 31.5 Å². The SMILES string of the molecule is CCCN(CCC)C(=O)c1ccc(NC(=O)N2CCCC2C(=O)NCC(F)(F)F)cc1. The monoisotopic (exact) mass is 442 g/mol. The molecule has 1 aliphatic heterocycles. The topological polar surface area (TPSA) is 81.8 Å². The summed E-state index contributed by atoms with van der Waals surface area (Å²) in [5, 5.41) is 4.48. The van der Waals surface area contributed by atoms with E-state index in [0.29, 0.717) is 37.2 Å². The molecular formula is C21H29F3N4O3. The molecule has 0 aliphatic carbocycles. The molecule has 1 saturated heterocycles. The Labute approximate surface area is 180 Å². The first-order valence-electron chi connectivity index (χ1n) is 10.5. The molecule has 7 nitrogen and oxygen atoms in total. The summed E-state index contributed by atoms with van der Waals surface area (Å²) >= 11 is 0. The van der Waals surface area contributed by atoms with Gasteiger partial charge in [-0.3, -0.25) is 9.59 Å². The zero-order chi connectivity index (χ0) is 23.0. The quantitative estimate of drug-likeness (QED) is 0.645. The largest absolute Gasteiger partial charge is 0.405 e. The van der Waals surface area contributed by atoms with Gasteiger partial charge in [-0.1, -0.05) is 13.8 Å². The van der Waals surface area contributed by atoms with Crippen molar-refractivity contribution >= 4 is 23.5 Å². The van der Waals surface area contributed by atoms with Gasteiger partial charge in [-0.15, -0.1) is 0 Å². The fraction of sp³-hybridized carbons (Fsp3) is 0.571.